The Morgan fingerprint density at radius 1 is 1.22 bits per heavy atom. The summed E-state index contributed by atoms with van der Waals surface area (Å²) >= 11 is 0. The van der Waals surface area contributed by atoms with E-state index in [2.05, 4.69) is 22.2 Å². The molecule has 3 aromatic heterocycles. The van der Waals surface area contributed by atoms with Crippen LogP contribution in [-0.2, 0) is 6.42 Å². The van der Waals surface area contributed by atoms with E-state index in [1.54, 1.807) is 6.20 Å². The minimum Gasteiger partial charge on any atom is -0.305 e. The van der Waals surface area contributed by atoms with E-state index in [0.717, 1.165) is 35.3 Å². The number of amides is 1. The fourth-order valence-corrected chi connectivity index (χ4v) is 2.63. The van der Waals surface area contributed by atoms with Crippen molar-refractivity contribution in [2.24, 2.45) is 0 Å². The van der Waals surface area contributed by atoms with Gasteiger partial charge in [-0.1, -0.05) is 13.3 Å². The van der Waals surface area contributed by atoms with Gasteiger partial charge in [0.25, 0.3) is 5.91 Å². The highest BCUT2D eigenvalue weighted by molar-refractivity contribution is 6.04. The van der Waals surface area contributed by atoms with Gasteiger partial charge in [-0.2, -0.15) is 0 Å². The van der Waals surface area contributed by atoms with Crippen molar-refractivity contribution in [3.8, 4) is 0 Å². The fourth-order valence-electron chi connectivity index (χ4n) is 2.63. The van der Waals surface area contributed by atoms with E-state index in [0.29, 0.717) is 11.5 Å². The molecule has 0 saturated heterocycles. The van der Waals surface area contributed by atoms with Gasteiger partial charge in [-0.15, -0.1) is 0 Å². The van der Waals surface area contributed by atoms with Gasteiger partial charge >= 0.3 is 0 Å². The molecule has 23 heavy (non-hydrogen) atoms. The predicted molar refractivity (Wildman–Crippen MR) is 90.9 cm³/mol. The van der Waals surface area contributed by atoms with Crippen LogP contribution in [0.25, 0.3) is 5.65 Å². The first-order valence-electron chi connectivity index (χ1n) is 7.80. The van der Waals surface area contributed by atoms with E-state index >= 15 is 0 Å². The molecule has 0 radical (unpaired) electrons. The normalized spacial score (nSPS) is 10.9. The summed E-state index contributed by atoms with van der Waals surface area (Å²) in [4.78, 5) is 21.6. The Hall–Kier alpha value is -2.69. The van der Waals surface area contributed by atoms with E-state index < -0.39 is 0 Å². The second-order valence-corrected chi connectivity index (χ2v) is 5.76. The number of aromatic nitrogens is 3. The van der Waals surface area contributed by atoms with E-state index in [1.165, 1.54) is 0 Å². The molecule has 5 heteroatoms. The zero-order chi connectivity index (χ0) is 16.4. The standard InChI is InChI=1S/C18H20N4O/c1-4-5-14-17(22-9-7-13(3)11-16(22)20-14)18(23)21-15-10-12(2)6-8-19-15/h6-11H,4-5H2,1-3H3,(H,19,21,23). The molecule has 0 bridgehead atoms. The number of hydrogen-bond donors (Lipinski definition) is 1. The molecule has 3 aromatic rings. The monoisotopic (exact) mass is 308 g/mol. The van der Waals surface area contributed by atoms with E-state index in [9.17, 15) is 4.79 Å². The van der Waals surface area contributed by atoms with E-state index in [4.69, 9.17) is 0 Å². The quantitative estimate of drug-likeness (QED) is 0.802. The zero-order valence-corrected chi connectivity index (χ0v) is 13.6. The van der Waals surface area contributed by atoms with Crippen molar-refractivity contribution in [1.82, 2.24) is 14.4 Å². The van der Waals surface area contributed by atoms with Gasteiger partial charge in [0, 0.05) is 12.4 Å². The van der Waals surface area contributed by atoms with Gasteiger partial charge in [0.05, 0.1) is 5.69 Å². The summed E-state index contributed by atoms with van der Waals surface area (Å²) in [6.45, 7) is 6.07. The maximum absolute atomic E-state index is 12.8. The van der Waals surface area contributed by atoms with Crippen molar-refractivity contribution in [3.63, 3.8) is 0 Å². The van der Waals surface area contributed by atoms with Crippen molar-refractivity contribution in [1.29, 1.82) is 0 Å². The van der Waals surface area contributed by atoms with Crippen molar-refractivity contribution in [2.75, 3.05) is 5.32 Å². The number of anilines is 1. The molecule has 3 heterocycles. The number of carbonyl (C=O) groups is 1. The summed E-state index contributed by atoms with van der Waals surface area (Å²) in [5.41, 5.74) is 4.39. The summed E-state index contributed by atoms with van der Waals surface area (Å²) < 4.78 is 1.85. The smallest absolute Gasteiger partial charge is 0.275 e. The van der Waals surface area contributed by atoms with Crippen LogP contribution in [0.2, 0.25) is 0 Å². The lowest BCUT2D eigenvalue weighted by Crippen LogP contribution is -2.17. The first kappa shape index (κ1) is 15.2. The summed E-state index contributed by atoms with van der Waals surface area (Å²) in [6, 6.07) is 7.72. The van der Waals surface area contributed by atoms with E-state index in [-0.39, 0.29) is 5.91 Å². The van der Waals surface area contributed by atoms with Gasteiger partial charge < -0.3 is 5.32 Å². The van der Waals surface area contributed by atoms with Crippen LogP contribution in [0.3, 0.4) is 0 Å². The molecule has 1 N–H and O–H groups in total. The molecule has 0 fully saturated rings. The number of carbonyl (C=O) groups excluding carboxylic acids is 1. The number of fused-ring (bicyclic) bond motifs is 1. The van der Waals surface area contributed by atoms with Crippen molar-refractivity contribution in [3.05, 3.63) is 59.2 Å². The zero-order valence-electron chi connectivity index (χ0n) is 13.6. The first-order valence-corrected chi connectivity index (χ1v) is 7.80. The largest absolute Gasteiger partial charge is 0.305 e. The lowest BCUT2D eigenvalue weighted by Gasteiger charge is -2.07. The first-order chi connectivity index (χ1) is 11.1. The lowest BCUT2D eigenvalue weighted by atomic mass is 10.2. The lowest BCUT2D eigenvalue weighted by molar-refractivity contribution is 0.102. The average Bonchev–Trinajstić information content (AvgIpc) is 2.84. The molecule has 3 rings (SSSR count). The van der Waals surface area contributed by atoms with Crippen LogP contribution >= 0.6 is 0 Å². The second-order valence-electron chi connectivity index (χ2n) is 5.76. The van der Waals surface area contributed by atoms with Gasteiger partial charge in [-0.3, -0.25) is 9.20 Å². The molecule has 1 amide bonds. The number of imidazole rings is 1. The third-order valence-electron chi connectivity index (χ3n) is 3.71. The van der Waals surface area contributed by atoms with Crippen molar-refractivity contribution in [2.45, 2.75) is 33.6 Å². The van der Waals surface area contributed by atoms with Crippen molar-refractivity contribution >= 4 is 17.4 Å². The second kappa shape index (κ2) is 6.20. The Balaban J connectivity index is 2.02. The topological polar surface area (TPSA) is 59.3 Å². The minimum atomic E-state index is -0.178. The molecule has 0 unspecified atom stereocenters. The number of nitrogens with one attached hydrogen (secondary N) is 1. The number of nitrogens with zero attached hydrogens (tertiary/aromatic N) is 3. The molecule has 118 valence electrons. The number of rotatable bonds is 4. The van der Waals surface area contributed by atoms with Gasteiger partial charge in [-0.25, -0.2) is 9.97 Å². The van der Waals surface area contributed by atoms with Gasteiger partial charge in [-0.05, 0) is 55.7 Å². The molecular weight excluding hydrogens is 288 g/mol. The van der Waals surface area contributed by atoms with Gasteiger partial charge in [0.15, 0.2) is 0 Å². The van der Waals surface area contributed by atoms with Crippen LogP contribution in [0.5, 0.6) is 0 Å². The highest BCUT2D eigenvalue weighted by atomic mass is 16.2. The Bertz CT molecular complexity index is 867. The summed E-state index contributed by atoms with van der Waals surface area (Å²) in [7, 11) is 0. The van der Waals surface area contributed by atoms with E-state index in [1.807, 2.05) is 48.7 Å². The number of aryl methyl sites for hydroxylation is 3. The maximum atomic E-state index is 12.8. The van der Waals surface area contributed by atoms with Crippen LogP contribution in [0, 0.1) is 13.8 Å². The molecule has 0 spiro atoms. The van der Waals surface area contributed by atoms with Crippen LogP contribution < -0.4 is 5.32 Å². The molecule has 0 saturated carbocycles. The third-order valence-corrected chi connectivity index (χ3v) is 3.71. The summed E-state index contributed by atoms with van der Waals surface area (Å²) in [5, 5.41) is 2.88. The highest BCUT2D eigenvalue weighted by Gasteiger charge is 2.19. The molecule has 0 aliphatic carbocycles. The Morgan fingerprint density at radius 2 is 2.00 bits per heavy atom. The molecule has 0 aromatic carbocycles. The summed E-state index contributed by atoms with van der Waals surface area (Å²) in [5.74, 6) is 0.377. The van der Waals surface area contributed by atoms with Gasteiger partial charge in [0.1, 0.15) is 17.2 Å². The molecular formula is C18H20N4O. The maximum Gasteiger partial charge on any atom is 0.275 e. The fraction of sp³-hybridized carbons (Fsp3) is 0.278. The van der Waals surface area contributed by atoms with Crippen LogP contribution in [-0.4, -0.2) is 20.3 Å². The van der Waals surface area contributed by atoms with Crippen LogP contribution in [0.15, 0.2) is 36.7 Å². The summed E-state index contributed by atoms with van der Waals surface area (Å²) in [6.07, 6.45) is 5.29. The Kier molecular flexibility index (Phi) is 4.10. The van der Waals surface area contributed by atoms with Crippen LogP contribution in [0.1, 0.15) is 40.7 Å². The van der Waals surface area contributed by atoms with Gasteiger partial charge in [0.2, 0.25) is 0 Å². The SMILES string of the molecule is CCCc1nc2cc(C)ccn2c1C(=O)Nc1cc(C)ccn1. The van der Waals surface area contributed by atoms with Crippen molar-refractivity contribution < 1.29 is 4.79 Å². The third kappa shape index (κ3) is 3.08. The minimum absolute atomic E-state index is 0.178. The molecule has 0 aliphatic rings. The van der Waals surface area contributed by atoms with Crippen LogP contribution in [0.4, 0.5) is 5.82 Å². The average molecular weight is 308 g/mol. The molecule has 5 nitrogen and oxygen atoms in total. The molecule has 0 atom stereocenters. The highest BCUT2D eigenvalue weighted by Crippen LogP contribution is 2.17. The molecule has 0 aliphatic heterocycles. The predicted octanol–water partition coefficient (Wildman–Crippen LogP) is 3.55. The number of hydrogen-bond acceptors (Lipinski definition) is 3. The Labute approximate surface area is 135 Å². The number of pyridine rings is 2. The Morgan fingerprint density at radius 3 is 2.74 bits per heavy atom.